The zero-order valence-corrected chi connectivity index (χ0v) is 20.0. The molecule has 4 rings (SSSR count). The van der Waals surface area contributed by atoms with Gasteiger partial charge in [-0.25, -0.2) is 4.57 Å². The van der Waals surface area contributed by atoms with Gasteiger partial charge in [-0.1, -0.05) is 58.9 Å². The lowest BCUT2D eigenvalue weighted by Crippen LogP contribution is -2.31. The zero-order valence-electron chi connectivity index (χ0n) is 20.0. The van der Waals surface area contributed by atoms with Crippen LogP contribution >= 0.6 is 0 Å². The first-order valence-electron chi connectivity index (χ1n) is 11.6. The Morgan fingerprint density at radius 2 is 1.63 bits per heavy atom. The highest BCUT2D eigenvalue weighted by Crippen LogP contribution is 2.43. The highest BCUT2D eigenvalue weighted by atomic mass is 14.9. The molecule has 30 heavy (non-hydrogen) atoms. The summed E-state index contributed by atoms with van der Waals surface area (Å²) in [6.07, 6.45) is 7.54. The van der Waals surface area contributed by atoms with Crippen LogP contribution in [-0.2, 0) is 12.5 Å². The molecular weight excluding hydrogens is 362 g/mol. The summed E-state index contributed by atoms with van der Waals surface area (Å²) in [4.78, 5) is 0. The van der Waals surface area contributed by atoms with E-state index in [2.05, 4.69) is 102 Å². The van der Waals surface area contributed by atoms with E-state index in [4.69, 9.17) is 0 Å². The number of aryl methyl sites for hydroxylation is 2. The lowest BCUT2D eigenvalue weighted by molar-refractivity contribution is -0.659. The van der Waals surface area contributed by atoms with Gasteiger partial charge in [-0.05, 0) is 83.6 Å². The van der Waals surface area contributed by atoms with Crippen molar-refractivity contribution in [2.24, 2.45) is 12.5 Å². The molecule has 0 aliphatic heterocycles. The molecule has 2 aromatic carbocycles. The Kier molecular flexibility index (Phi) is 5.29. The van der Waals surface area contributed by atoms with Crippen molar-refractivity contribution in [3.8, 4) is 11.3 Å². The molecule has 1 heteroatoms. The second-order valence-electron chi connectivity index (χ2n) is 11.3. The maximum Gasteiger partial charge on any atom is 0.220 e. The van der Waals surface area contributed by atoms with E-state index in [9.17, 15) is 0 Å². The van der Waals surface area contributed by atoms with Crippen LogP contribution < -0.4 is 4.57 Å². The Labute approximate surface area is 183 Å². The van der Waals surface area contributed by atoms with Crippen LogP contribution in [-0.4, -0.2) is 0 Å². The van der Waals surface area contributed by atoms with Crippen molar-refractivity contribution in [2.45, 2.75) is 78.6 Å². The highest BCUT2D eigenvalue weighted by molar-refractivity contribution is 5.94. The number of hydrogen-bond acceptors (Lipinski definition) is 0. The third kappa shape index (κ3) is 4.04. The Morgan fingerprint density at radius 3 is 2.30 bits per heavy atom. The first kappa shape index (κ1) is 21.1. The first-order chi connectivity index (χ1) is 14.0. The average molecular weight is 401 g/mol. The Hall–Kier alpha value is -2.15. The smallest absolute Gasteiger partial charge is 0.200 e. The number of benzene rings is 2. The number of aromatic nitrogens is 1. The van der Waals surface area contributed by atoms with Crippen LogP contribution in [0.25, 0.3) is 22.0 Å². The van der Waals surface area contributed by atoms with Crippen molar-refractivity contribution in [1.82, 2.24) is 0 Å². The fraction of sp³-hybridized carbons (Fsp3) is 0.483. The summed E-state index contributed by atoms with van der Waals surface area (Å²) < 4.78 is 2.29. The predicted octanol–water partition coefficient (Wildman–Crippen LogP) is 7.62. The number of hydrogen-bond donors (Lipinski definition) is 0. The van der Waals surface area contributed by atoms with Crippen molar-refractivity contribution in [1.29, 1.82) is 0 Å². The summed E-state index contributed by atoms with van der Waals surface area (Å²) in [7, 11) is 2.18. The average Bonchev–Trinajstić information content (AvgIpc) is 2.67. The van der Waals surface area contributed by atoms with Gasteiger partial charge in [0.15, 0.2) is 6.20 Å². The molecule has 0 unspecified atom stereocenters. The standard InChI is InChI=1S/C29H38N/c1-20-8-10-24(28(2,3)4)19-26(20)27-25-11-9-22(18-23(25)14-17-30(27)7)21-12-15-29(5,6)16-13-21/h8-11,14,17-19,21H,12-13,15-16H2,1-7H3/q+1. The third-order valence-corrected chi connectivity index (χ3v) is 7.33. The van der Waals surface area contributed by atoms with E-state index >= 15 is 0 Å². The third-order valence-electron chi connectivity index (χ3n) is 7.33. The maximum atomic E-state index is 2.46. The van der Waals surface area contributed by atoms with Crippen molar-refractivity contribution in [3.05, 3.63) is 65.4 Å². The van der Waals surface area contributed by atoms with E-state index < -0.39 is 0 Å². The molecule has 1 aliphatic carbocycles. The van der Waals surface area contributed by atoms with E-state index in [1.807, 2.05) is 0 Å². The van der Waals surface area contributed by atoms with Gasteiger partial charge in [-0.15, -0.1) is 0 Å². The second kappa shape index (κ2) is 7.52. The molecule has 0 spiro atoms. The minimum atomic E-state index is 0.146. The van der Waals surface area contributed by atoms with Crippen LogP contribution in [0.2, 0.25) is 0 Å². The molecule has 1 aliphatic rings. The number of nitrogens with zero attached hydrogens (tertiary/aromatic N) is 1. The van der Waals surface area contributed by atoms with Crippen LogP contribution in [0.5, 0.6) is 0 Å². The molecule has 0 radical (unpaired) electrons. The first-order valence-corrected chi connectivity index (χ1v) is 11.6. The lowest BCUT2D eigenvalue weighted by Gasteiger charge is -2.34. The Bertz CT molecular complexity index is 1070. The van der Waals surface area contributed by atoms with Crippen LogP contribution in [0.1, 0.15) is 82.9 Å². The van der Waals surface area contributed by atoms with Crippen LogP contribution in [0.3, 0.4) is 0 Å². The van der Waals surface area contributed by atoms with Gasteiger partial charge in [0.2, 0.25) is 5.69 Å². The quantitative estimate of drug-likeness (QED) is 0.389. The molecule has 1 heterocycles. The molecule has 1 aromatic heterocycles. The van der Waals surface area contributed by atoms with Crippen molar-refractivity contribution in [3.63, 3.8) is 0 Å². The summed E-state index contributed by atoms with van der Waals surface area (Å²) >= 11 is 0. The Morgan fingerprint density at radius 1 is 0.933 bits per heavy atom. The Balaban J connectivity index is 1.80. The molecule has 0 N–H and O–H groups in total. The van der Waals surface area contributed by atoms with Crippen molar-refractivity contribution < 1.29 is 4.57 Å². The summed E-state index contributed by atoms with van der Waals surface area (Å²) in [5, 5.41) is 2.72. The fourth-order valence-electron chi connectivity index (χ4n) is 5.06. The van der Waals surface area contributed by atoms with Gasteiger partial charge in [0.25, 0.3) is 0 Å². The van der Waals surface area contributed by atoms with Crippen LogP contribution in [0.4, 0.5) is 0 Å². The number of pyridine rings is 1. The topological polar surface area (TPSA) is 3.88 Å². The highest BCUT2D eigenvalue weighted by Gasteiger charge is 2.28. The summed E-state index contributed by atoms with van der Waals surface area (Å²) in [6, 6.07) is 16.5. The number of fused-ring (bicyclic) bond motifs is 1. The molecule has 0 amide bonds. The van der Waals surface area contributed by atoms with E-state index in [0.717, 1.165) is 0 Å². The lowest BCUT2D eigenvalue weighted by atomic mass is 9.71. The summed E-state index contributed by atoms with van der Waals surface area (Å²) in [5.74, 6) is 0.714. The van der Waals surface area contributed by atoms with E-state index in [0.29, 0.717) is 11.3 Å². The maximum absolute atomic E-state index is 2.46. The minimum absolute atomic E-state index is 0.146. The summed E-state index contributed by atoms with van der Waals surface area (Å²) in [6.45, 7) is 14.0. The van der Waals surface area contributed by atoms with E-state index in [1.54, 1.807) is 0 Å². The van der Waals surface area contributed by atoms with E-state index in [1.165, 1.54) is 64.4 Å². The van der Waals surface area contributed by atoms with Gasteiger partial charge < -0.3 is 0 Å². The normalized spacial score (nSPS) is 17.4. The molecule has 1 saturated carbocycles. The molecule has 158 valence electrons. The van der Waals surface area contributed by atoms with Gasteiger partial charge in [-0.3, -0.25) is 0 Å². The van der Waals surface area contributed by atoms with Crippen molar-refractivity contribution >= 4 is 10.8 Å². The van der Waals surface area contributed by atoms with Gasteiger partial charge in [0.1, 0.15) is 7.05 Å². The second-order valence-corrected chi connectivity index (χ2v) is 11.3. The minimum Gasteiger partial charge on any atom is -0.200 e. The number of rotatable bonds is 2. The zero-order chi connectivity index (χ0) is 21.7. The molecule has 1 nitrogen and oxygen atoms in total. The van der Waals surface area contributed by atoms with Gasteiger partial charge >= 0.3 is 0 Å². The molecular formula is C29H38N+. The van der Waals surface area contributed by atoms with Crippen molar-refractivity contribution in [2.75, 3.05) is 0 Å². The predicted molar refractivity (Wildman–Crippen MR) is 129 cm³/mol. The molecule has 0 saturated heterocycles. The molecule has 0 atom stereocenters. The molecule has 1 fully saturated rings. The van der Waals surface area contributed by atoms with E-state index in [-0.39, 0.29) is 5.41 Å². The van der Waals surface area contributed by atoms with Gasteiger partial charge in [-0.2, -0.15) is 0 Å². The van der Waals surface area contributed by atoms with Crippen LogP contribution in [0, 0.1) is 12.3 Å². The molecule has 3 aromatic rings. The summed E-state index contributed by atoms with van der Waals surface area (Å²) in [5.41, 5.74) is 7.59. The van der Waals surface area contributed by atoms with Gasteiger partial charge in [0.05, 0.1) is 5.39 Å². The van der Waals surface area contributed by atoms with Gasteiger partial charge in [0, 0.05) is 11.6 Å². The van der Waals surface area contributed by atoms with Crippen LogP contribution in [0.15, 0.2) is 48.7 Å². The monoisotopic (exact) mass is 400 g/mol. The largest absolute Gasteiger partial charge is 0.220 e. The molecule has 0 bridgehead atoms. The SMILES string of the molecule is Cc1ccc(C(C)(C)C)cc1-c1c2ccc(C3CCC(C)(C)CC3)cc2cc[n+]1C. The fourth-order valence-corrected chi connectivity index (χ4v) is 5.06.